The van der Waals surface area contributed by atoms with Gasteiger partial charge in [-0.2, -0.15) is 5.10 Å². The Labute approximate surface area is 121 Å². The van der Waals surface area contributed by atoms with Crippen molar-refractivity contribution in [1.82, 2.24) is 14.6 Å². The minimum absolute atomic E-state index is 0.274. The highest BCUT2D eigenvalue weighted by molar-refractivity contribution is 7.14. The second-order valence-electron chi connectivity index (χ2n) is 3.65. The molecule has 3 rings (SSSR count). The Bertz CT molecular complexity index is 738. The molecule has 0 bridgehead atoms. The first-order valence-corrected chi connectivity index (χ1v) is 6.83. The highest BCUT2D eigenvalue weighted by atomic mass is 35.5. The number of carbonyl (C=O) groups is 1. The lowest BCUT2D eigenvalue weighted by atomic mass is 10.3. The van der Waals surface area contributed by atoms with Crippen molar-refractivity contribution >= 4 is 51.1 Å². The second kappa shape index (κ2) is 4.80. The minimum atomic E-state index is -0.359. The van der Waals surface area contributed by atoms with E-state index in [4.69, 9.17) is 23.2 Å². The zero-order chi connectivity index (χ0) is 13.4. The van der Waals surface area contributed by atoms with Crippen LogP contribution in [0.25, 0.3) is 4.96 Å². The zero-order valence-corrected chi connectivity index (χ0v) is 11.6. The Morgan fingerprint density at radius 3 is 3.00 bits per heavy atom. The van der Waals surface area contributed by atoms with Crippen molar-refractivity contribution in [3.63, 3.8) is 0 Å². The summed E-state index contributed by atoms with van der Waals surface area (Å²) in [7, 11) is 0. The average Bonchev–Trinajstić information content (AvgIpc) is 2.95. The Kier molecular flexibility index (Phi) is 3.14. The van der Waals surface area contributed by atoms with Crippen LogP contribution >= 0.6 is 34.5 Å². The number of nitrogens with one attached hydrogen (secondary N) is 1. The normalized spacial score (nSPS) is 10.8. The summed E-state index contributed by atoms with van der Waals surface area (Å²) < 4.78 is 1.54. The van der Waals surface area contributed by atoms with E-state index in [0.29, 0.717) is 20.7 Å². The van der Waals surface area contributed by atoms with Crippen molar-refractivity contribution in [3.05, 3.63) is 45.6 Å². The van der Waals surface area contributed by atoms with Crippen LogP contribution in [0.1, 0.15) is 10.5 Å². The van der Waals surface area contributed by atoms with Gasteiger partial charge < -0.3 is 5.32 Å². The molecule has 0 aliphatic rings. The molecule has 0 aliphatic carbocycles. The maximum absolute atomic E-state index is 12.0. The number of rotatable bonds is 2. The van der Waals surface area contributed by atoms with Crippen molar-refractivity contribution in [2.75, 3.05) is 5.32 Å². The number of halogens is 2. The van der Waals surface area contributed by atoms with Gasteiger partial charge in [0.15, 0.2) is 0 Å². The SMILES string of the molecule is O=C(Nc1cccc(Cl)c1Cl)c1cn2ncsc2n1. The van der Waals surface area contributed by atoms with E-state index in [0.717, 1.165) is 0 Å². The molecule has 1 amide bonds. The molecule has 0 saturated carbocycles. The molecule has 3 aromatic rings. The number of aromatic nitrogens is 3. The molecule has 2 heterocycles. The van der Waals surface area contributed by atoms with Crippen LogP contribution in [0.2, 0.25) is 10.0 Å². The number of benzene rings is 1. The summed E-state index contributed by atoms with van der Waals surface area (Å²) in [6.45, 7) is 0. The summed E-state index contributed by atoms with van der Waals surface area (Å²) in [6.07, 6.45) is 1.56. The summed E-state index contributed by atoms with van der Waals surface area (Å²) >= 11 is 13.2. The number of carbonyl (C=O) groups excluding carboxylic acids is 1. The van der Waals surface area contributed by atoms with E-state index in [2.05, 4.69) is 15.4 Å². The van der Waals surface area contributed by atoms with E-state index < -0.39 is 0 Å². The van der Waals surface area contributed by atoms with Gasteiger partial charge in [0.1, 0.15) is 11.2 Å². The first kappa shape index (κ1) is 12.4. The van der Waals surface area contributed by atoms with Crippen LogP contribution in [0.3, 0.4) is 0 Å². The maximum Gasteiger partial charge on any atom is 0.276 e. The summed E-state index contributed by atoms with van der Waals surface area (Å²) in [5.74, 6) is -0.359. The molecule has 0 aliphatic heterocycles. The Hall–Kier alpha value is -1.63. The van der Waals surface area contributed by atoms with E-state index in [9.17, 15) is 4.79 Å². The zero-order valence-electron chi connectivity index (χ0n) is 9.30. The van der Waals surface area contributed by atoms with Crippen molar-refractivity contribution < 1.29 is 4.79 Å². The van der Waals surface area contributed by atoms with Gasteiger partial charge in [0.2, 0.25) is 4.96 Å². The smallest absolute Gasteiger partial charge is 0.276 e. The quantitative estimate of drug-likeness (QED) is 0.789. The molecule has 0 saturated heterocycles. The summed E-state index contributed by atoms with van der Waals surface area (Å²) in [5, 5.41) is 7.35. The van der Waals surface area contributed by atoms with Crippen molar-refractivity contribution in [2.24, 2.45) is 0 Å². The van der Waals surface area contributed by atoms with Crippen LogP contribution in [0.5, 0.6) is 0 Å². The molecular formula is C11H6Cl2N4OS. The number of hydrogen-bond donors (Lipinski definition) is 1. The fourth-order valence-electron chi connectivity index (χ4n) is 1.53. The Balaban J connectivity index is 1.89. The Morgan fingerprint density at radius 1 is 1.37 bits per heavy atom. The van der Waals surface area contributed by atoms with Gasteiger partial charge in [0.05, 0.1) is 21.9 Å². The monoisotopic (exact) mass is 312 g/mol. The molecule has 0 radical (unpaired) electrons. The molecule has 19 heavy (non-hydrogen) atoms. The lowest BCUT2D eigenvalue weighted by molar-refractivity contribution is 0.102. The van der Waals surface area contributed by atoms with Gasteiger partial charge >= 0.3 is 0 Å². The van der Waals surface area contributed by atoms with E-state index in [1.54, 1.807) is 34.4 Å². The molecule has 1 N–H and O–H groups in total. The number of amides is 1. The second-order valence-corrected chi connectivity index (χ2v) is 5.24. The average molecular weight is 313 g/mol. The van der Waals surface area contributed by atoms with Crippen LogP contribution in [0.15, 0.2) is 29.9 Å². The molecular weight excluding hydrogens is 307 g/mol. The maximum atomic E-state index is 12.0. The summed E-state index contributed by atoms with van der Waals surface area (Å²) in [6, 6.07) is 5.02. The van der Waals surface area contributed by atoms with Crippen LogP contribution in [0.4, 0.5) is 5.69 Å². The number of imidazole rings is 1. The lowest BCUT2D eigenvalue weighted by Crippen LogP contribution is -2.12. The molecule has 8 heteroatoms. The van der Waals surface area contributed by atoms with Gasteiger partial charge in [-0.3, -0.25) is 4.79 Å². The minimum Gasteiger partial charge on any atom is -0.319 e. The number of nitrogens with zero attached hydrogens (tertiary/aromatic N) is 3. The fraction of sp³-hybridized carbons (Fsp3) is 0. The van der Waals surface area contributed by atoms with Crippen molar-refractivity contribution in [1.29, 1.82) is 0 Å². The van der Waals surface area contributed by atoms with E-state index >= 15 is 0 Å². The third-order valence-corrected chi connectivity index (χ3v) is 3.93. The van der Waals surface area contributed by atoms with Gasteiger partial charge in [-0.05, 0) is 12.1 Å². The van der Waals surface area contributed by atoms with Crippen molar-refractivity contribution in [2.45, 2.75) is 0 Å². The first-order chi connectivity index (χ1) is 9.15. The van der Waals surface area contributed by atoms with Crippen LogP contribution in [-0.2, 0) is 0 Å². The molecule has 96 valence electrons. The van der Waals surface area contributed by atoms with Gasteiger partial charge in [-0.15, -0.1) is 0 Å². The largest absolute Gasteiger partial charge is 0.319 e. The van der Waals surface area contributed by atoms with Crippen LogP contribution in [-0.4, -0.2) is 20.5 Å². The highest BCUT2D eigenvalue weighted by Gasteiger charge is 2.14. The molecule has 0 spiro atoms. The molecule has 1 aromatic carbocycles. The van der Waals surface area contributed by atoms with Crippen LogP contribution < -0.4 is 5.32 Å². The van der Waals surface area contributed by atoms with E-state index in [-0.39, 0.29) is 11.6 Å². The Morgan fingerprint density at radius 2 is 2.21 bits per heavy atom. The molecule has 0 unspecified atom stereocenters. The van der Waals surface area contributed by atoms with Gasteiger partial charge in [-0.25, -0.2) is 9.50 Å². The summed E-state index contributed by atoms with van der Waals surface area (Å²) in [4.78, 5) is 16.8. The fourth-order valence-corrected chi connectivity index (χ4v) is 2.48. The predicted octanol–water partition coefficient (Wildman–Crippen LogP) is 3.35. The van der Waals surface area contributed by atoms with E-state index in [1.165, 1.54) is 11.3 Å². The number of anilines is 1. The van der Waals surface area contributed by atoms with Crippen LogP contribution in [0, 0.1) is 0 Å². The third kappa shape index (κ3) is 2.30. The lowest BCUT2D eigenvalue weighted by Gasteiger charge is -2.06. The molecule has 5 nitrogen and oxygen atoms in total. The van der Waals surface area contributed by atoms with E-state index in [1.807, 2.05) is 0 Å². The third-order valence-electron chi connectivity index (χ3n) is 2.42. The van der Waals surface area contributed by atoms with Gasteiger partial charge in [0, 0.05) is 0 Å². The number of hydrogen-bond acceptors (Lipinski definition) is 4. The van der Waals surface area contributed by atoms with Gasteiger partial charge in [-0.1, -0.05) is 40.6 Å². The number of fused-ring (bicyclic) bond motifs is 1. The van der Waals surface area contributed by atoms with Gasteiger partial charge in [0.25, 0.3) is 5.91 Å². The highest BCUT2D eigenvalue weighted by Crippen LogP contribution is 2.29. The van der Waals surface area contributed by atoms with Crippen molar-refractivity contribution in [3.8, 4) is 0 Å². The standard InChI is InChI=1S/C11H6Cl2N4OS/c12-6-2-1-3-7(9(6)13)15-10(18)8-4-17-11(16-8)19-5-14-17/h1-5H,(H,15,18). The first-order valence-electron chi connectivity index (χ1n) is 5.19. The molecule has 2 aromatic heterocycles. The summed E-state index contributed by atoms with van der Waals surface area (Å²) in [5.41, 5.74) is 2.37. The predicted molar refractivity (Wildman–Crippen MR) is 75.3 cm³/mol. The topological polar surface area (TPSA) is 59.3 Å². The molecule has 0 atom stereocenters. The molecule has 0 fully saturated rings.